The summed E-state index contributed by atoms with van der Waals surface area (Å²) in [5.74, 6) is 0.0642. The van der Waals surface area contributed by atoms with Crippen molar-refractivity contribution in [1.29, 1.82) is 0 Å². The molecule has 0 heterocycles. The Balaban J connectivity index is 3.69. The summed E-state index contributed by atoms with van der Waals surface area (Å²) in [4.78, 5) is 0. The van der Waals surface area contributed by atoms with E-state index in [4.69, 9.17) is 12.2 Å². The van der Waals surface area contributed by atoms with Crippen LogP contribution >= 0.6 is 31.9 Å². The number of benzene rings is 1. The van der Waals surface area contributed by atoms with Gasteiger partial charge in [-0.3, -0.25) is 0 Å². The van der Waals surface area contributed by atoms with Gasteiger partial charge in [0.2, 0.25) is 0 Å². The Morgan fingerprint density at radius 3 is 2.08 bits per heavy atom. The molecule has 1 aromatic carbocycles. The third kappa shape index (κ3) is 1.56. The maximum atomic E-state index is 13.0. The van der Waals surface area contributed by atoms with E-state index in [0.29, 0.717) is 0 Å². The topological polar surface area (TPSA) is 26.0 Å². The number of anilines is 1. The fourth-order valence-electron chi connectivity index (χ4n) is 0.790. The van der Waals surface area contributed by atoms with Crippen molar-refractivity contribution in [1.82, 2.24) is 0 Å². The third-order valence-electron chi connectivity index (χ3n) is 1.45. The second-order valence-electron chi connectivity index (χ2n) is 2.19. The van der Waals surface area contributed by atoms with Crippen molar-refractivity contribution in [2.75, 3.05) is 5.73 Å². The SMILES string of the molecule is C#Cc1c(N)c(Br)c(F)c(F)c1Br. The Hall–Kier alpha value is -0.600. The quantitative estimate of drug-likeness (QED) is 0.339. The maximum Gasteiger partial charge on any atom is 0.176 e. The molecule has 0 saturated carbocycles. The largest absolute Gasteiger partial charge is 0.397 e. The Bertz CT molecular complexity index is 381. The van der Waals surface area contributed by atoms with E-state index in [-0.39, 0.29) is 20.2 Å². The van der Waals surface area contributed by atoms with Gasteiger partial charge in [-0.05, 0) is 31.9 Å². The highest BCUT2D eigenvalue weighted by Crippen LogP contribution is 2.34. The van der Waals surface area contributed by atoms with Crippen LogP contribution in [0, 0.1) is 24.0 Å². The number of hydrogen-bond acceptors (Lipinski definition) is 1. The van der Waals surface area contributed by atoms with Crippen LogP contribution in [0.2, 0.25) is 0 Å². The summed E-state index contributed by atoms with van der Waals surface area (Å²) in [6.45, 7) is 0. The molecule has 0 amide bonds. The van der Waals surface area contributed by atoms with Crippen LogP contribution in [0.15, 0.2) is 8.95 Å². The lowest BCUT2D eigenvalue weighted by atomic mass is 10.2. The zero-order chi connectivity index (χ0) is 10.2. The van der Waals surface area contributed by atoms with Crippen molar-refractivity contribution < 1.29 is 8.78 Å². The smallest absolute Gasteiger partial charge is 0.176 e. The predicted octanol–water partition coefficient (Wildman–Crippen LogP) is 3.05. The van der Waals surface area contributed by atoms with Crippen molar-refractivity contribution in [3.8, 4) is 12.3 Å². The molecule has 0 fully saturated rings. The van der Waals surface area contributed by atoms with E-state index < -0.39 is 11.6 Å². The number of terminal acetylenes is 1. The van der Waals surface area contributed by atoms with E-state index in [0.717, 1.165) is 0 Å². The Labute approximate surface area is 90.6 Å². The Morgan fingerprint density at radius 2 is 1.62 bits per heavy atom. The molecular formula is C8H3Br2F2N. The van der Waals surface area contributed by atoms with Gasteiger partial charge in [0.1, 0.15) is 0 Å². The molecule has 0 atom stereocenters. The first-order valence-electron chi connectivity index (χ1n) is 3.08. The fraction of sp³-hybridized carbons (Fsp3) is 0. The van der Waals surface area contributed by atoms with E-state index in [1.165, 1.54) is 0 Å². The van der Waals surface area contributed by atoms with Crippen molar-refractivity contribution in [3.63, 3.8) is 0 Å². The standard InChI is InChI=1S/C8H3Br2F2N/c1-2-3-4(9)6(11)7(12)5(10)8(3)13/h1H,13H2. The lowest BCUT2D eigenvalue weighted by Crippen LogP contribution is -1.99. The summed E-state index contributed by atoms with van der Waals surface area (Å²) < 4.78 is 25.7. The molecule has 0 aromatic heterocycles. The van der Waals surface area contributed by atoms with Gasteiger partial charge in [0, 0.05) is 0 Å². The van der Waals surface area contributed by atoms with Crippen LogP contribution in [0.25, 0.3) is 0 Å². The number of nitrogens with two attached hydrogens (primary N) is 1. The Kier molecular flexibility index (Phi) is 2.94. The van der Waals surface area contributed by atoms with Crippen LogP contribution < -0.4 is 5.73 Å². The zero-order valence-electron chi connectivity index (χ0n) is 6.17. The minimum absolute atomic E-state index is 0.00766. The highest BCUT2D eigenvalue weighted by molar-refractivity contribution is 9.11. The summed E-state index contributed by atoms with van der Waals surface area (Å²) in [6.07, 6.45) is 5.07. The van der Waals surface area contributed by atoms with Crippen LogP contribution in [0.4, 0.5) is 14.5 Å². The van der Waals surface area contributed by atoms with Gasteiger partial charge in [0.15, 0.2) is 11.6 Å². The van der Waals surface area contributed by atoms with Crippen LogP contribution in [-0.2, 0) is 0 Å². The summed E-state index contributed by atoms with van der Waals surface area (Å²) >= 11 is 5.62. The summed E-state index contributed by atoms with van der Waals surface area (Å²) in [6, 6.07) is 0. The van der Waals surface area contributed by atoms with Crippen molar-refractivity contribution in [3.05, 3.63) is 26.1 Å². The molecule has 0 aliphatic heterocycles. The molecule has 0 unspecified atom stereocenters. The van der Waals surface area contributed by atoms with E-state index in [1.807, 2.05) is 0 Å². The highest BCUT2D eigenvalue weighted by Gasteiger charge is 2.18. The molecule has 13 heavy (non-hydrogen) atoms. The molecule has 5 heteroatoms. The van der Waals surface area contributed by atoms with Gasteiger partial charge in [0.25, 0.3) is 0 Å². The molecule has 0 aliphatic rings. The molecule has 68 valence electrons. The van der Waals surface area contributed by atoms with Gasteiger partial charge in [-0.15, -0.1) is 6.42 Å². The normalized spacial score (nSPS) is 9.77. The second-order valence-corrected chi connectivity index (χ2v) is 3.77. The minimum atomic E-state index is -1.05. The molecule has 1 aromatic rings. The maximum absolute atomic E-state index is 13.0. The Morgan fingerprint density at radius 1 is 1.15 bits per heavy atom. The number of nitrogen functional groups attached to an aromatic ring is 1. The minimum Gasteiger partial charge on any atom is -0.397 e. The van der Waals surface area contributed by atoms with Gasteiger partial charge in [-0.2, -0.15) is 0 Å². The van der Waals surface area contributed by atoms with Gasteiger partial charge in [-0.1, -0.05) is 5.92 Å². The lowest BCUT2D eigenvalue weighted by molar-refractivity contribution is 0.500. The van der Waals surface area contributed by atoms with E-state index >= 15 is 0 Å². The average molecular weight is 311 g/mol. The molecule has 1 nitrogen and oxygen atoms in total. The summed E-state index contributed by atoms with van der Waals surface area (Å²) in [5.41, 5.74) is 5.55. The molecule has 0 spiro atoms. The van der Waals surface area contributed by atoms with Gasteiger partial charge >= 0.3 is 0 Å². The molecule has 1 rings (SSSR count). The van der Waals surface area contributed by atoms with Crippen LogP contribution in [0.3, 0.4) is 0 Å². The first kappa shape index (κ1) is 10.5. The highest BCUT2D eigenvalue weighted by atomic mass is 79.9. The van der Waals surface area contributed by atoms with E-state index in [1.54, 1.807) is 0 Å². The molecule has 0 saturated heterocycles. The third-order valence-corrected chi connectivity index (χ3v) is 2.97. The second kappa shape index (κ2) is 3.64. The monoisotopic (exact) mass is 309 g/mol. The van der Waals surface area contributed by atoms with E-state index in [9.17, 15) is 8.78 Å². The number of hydrogen-bond donors (Lipinski definition) is 1. The van der Waals surface area contributed by atoms with Crippen molar-refractivity contribution in [2.24, 2.45) is 0 Å². The first-order chi connectivity index (χ1) is 6.00. The molecule has 0 radical (unpaired) electrons. The van der Waals surface area contributed by atoms with Crippen LogP contribution in [0.5, 0.6) is 0 Å². The van der Waals surface area contributed by atoms with Gasteiger partial charge in [0.05, 0.1) is 20.2 Å². The van der Waals surface area contributed by atoms with Crippen LogP contribution in [-0.4, -0.2) is 0 Å². The van der Waals surface area contributed by atoms with Crippen molar-refractivity contribution >= 4 is 37.5 Å². The number of rotatable bonds is 0. The van der Waals surface area contributed by atoms with E-state index in [2.05, 4.69) is 37.8 Å². The lowest BCUT2D eigenvalue weighted by Gasteiger charge is -2.06. The zero-order valence-corrected chi connectivity index (χ0v) is 9.34. The van der Waals surface area contributed by atoms with Gasteiger partial charge in [-0.25, -0.2) is 8.78 Å². The van der Waals surface area contributed by atoms with Gasteiger partial charge < -0.3 is 5.73 Å². The van der Waals surface area contributed by atoms with Crippen LogP contribution in [0.1, 0.15) is 5.56 Å². The summed E-state index contributed by atoms with van der Waals surface area (Å²) in [7, 11) is 0. The molecule has 0 aliphatic carbocycles. The molecule has 2 N–H and O–H groups in total. The molecular weight excluding hydrogens is 308 g/mol. The first-order valence-corrected chi connectivity index (χ1v) is 4.67. The predicted molar refractivity (Wildman–Crippen MR) is 54.1 cm³/mol. The van der Waals surface area contributed by atoms with Crippen molar-refractivity contribution in [2.45, 2.75) is 0 Å². The summed E-state index contributed by atoms with van der Waals surface area (Å²) in [5, 5.41) is 0. The fourth-order valence-corrected chi connectivity index (χ4v) is 1.66. The molecule has 0 bridgehead atoms. The average Bonchev–Trinajstić information content (AvgIpc) is 2.13. The number of halogens is 4.